The molecule has 0 saturated heterocycles. The van der Waals surface area contributed by atoms with E-state index < -0.39 is 18.5 Å². The standard InChI is InChI=1S/C18H16N4O3/c19-9-12-2-1-3-15(8-12)22-17(23)11-25-18(24)13-4-7-16(20-10-13)21-14-5-6-14/h1-4,7-8,10,14H,5-6,11H2,(H,20,21)(H,22,23). The Balaban J connectivity index is 1.49. The molecular weight excluding hydrogens is 320 g/mol. The number of hydrogen-bond donors (Lipinski definition) is 2. The Morgan fingerprint density at radius 2 is 2.12 bits per heavy atom. The van der Waals surface area contributed by atoms with Crippen LogP contribution in [0.2, 0.25) is 0 Å². The third-order valence-corrected chi connectivity index (χ3v) is 3.54. The van der Waals surface area contributed by atoms with Crippen LogP contribution in [-0.4, -0.2) is 29.5 Å². The van der Waals surface area contributed by atoms with Crippen LogP contribution in [0.5, 0.6) is 0 Å². The van der Waals surface area contributed by atoms with Gasteiger partial charge in [0.15, 0.2) is 6.61 Å². The van der Waals surface area contributed by atoms with E-state index in [0.717, 1.165) is 12.8 Å². The molecule has 0 unspecified atom stereocenters. The first kappa shape index (κ1) is 16.5. The summed E-state index contributed by atoms with van der Waals surface area (Å²) in [4.78, 5) is 27.9. The summed E-state index contributed by atoms with van der Waals surface area (Å²) in [6.45, 7) is -0.419. The summed E-state index contributed by atoms with van der Waals surface area (Å²) >= 11 is 0. The molecule has 1 amide bonds. The molecule has 1 aromatic carbocycles. The van der Waals surface area contributed by atoms with Crippen LogP contribution in [0.3, 0.4) is 0 Å². The molecule has 1 aliphatic carbocycles. The van der Waals surface area contributed by atoms with Crippen LogP contribution < -0.4 is 10.6 Å². The molecule has 0 atom stereocenters. The van der Waals surface area contributed by atoms with Crippen molar-refractivity contribution in [3.8, 4) is 6.07 Å². The number of aromatic nitrogens is 1. The minimum atomic E-state index is -0.619. The number of carbonyl (C=O) groups excluding carboxylic acids is 2. The van der Waals surface area contributed by atoms with Gasteiger partial charge in [0.1, 0.15) is 5.82 Å². The molecule has 1 heterocycles. The van der Waals surface area contributed by atoms with E-state index in [1.54, 1.807) is 30.3 Å². The fourth-order valence-corrected chi connectivity index (χ4v) is 2.11. The number of nitrogens with zero attached hydrogens (tertiary/aromatic N) is 2. The number of ether oxygens (including phenoxy) is 1. The molecule has 1 fully saturated rings. The van der Waals surface area contributed by atoms with Gasteiger partial charge in [0.05, 0.1) is 17.2 Å². The minimum Gasteiger partial charge on any atom is -0.452 e. The number of rotatable bonds is 6. The maximum absolute atomic E-state index is 11.9. The zero-order chi connectivity index (χ0) is 17.6. The summed E-state index contributed by atoms with van der Waals surface area (Å²) in [6.07, 6.45) is 3.69. The first-order chi connectivity index (χ1) is 12.1. The highest BCUT2D eigenvalue weighted by molar-refractivity contribution is 5.95. The zero-order valence-electron chi connectivity index (χ0n) is 13.4. The van der Waals surface area contributed by atoms with Crippen molar-refractivity contribution in [3.05, 3.63) is 53.7 Å². The van der Waals surface area contributed by atoms with E-state index in [9.17, 15) is 9.59 Å². The number of pyridine rings is 1. The van der Waals surface area contributed by atoms with Crippen LogP contribution in [0.1, 0.15) is 28.8 Å². The van der Waals surface area contributed by atoms with Gasteiger partial charge in [-0.2, -0.15) is 5.26 Å². The molecule has 7 nitrogen and oxygen atoms in total. The number of hydrogen-bond acceptors (Lipinski definition) is 6. The lowest BCUT2D eigenvalue weighted by Gasteiger charge is -2.07. The summed E-state index contributed by atoms with van der Waals surface area (Å²) in [5.41, 5.74) is 1.18. The van der Waals surface area contributed by atoms with Crippen molar-refractivity contribution in [1.82, 2.24) is 4.98 Å². The van der Waals surface area contributed by atoms with E-state index in [4.69, 9.17) is 10.00 Å². The first-order valence-corrected chi connectivity index (χ1v) is 7.84. The highest BCUT2D eigenvalue weighted by atomic mass is 16.5. The van der Waals surface area contributed by atoms with Crippen LogP contribution in [0.15, 0.2) is 42.6 Å². The molecule has 0 bridgehead atoms. The van der Waals surface area contributed by atoms with E-state index in [2.05, 4.69) is 15.6 Å². The van der Waals surface area contributed by atoms with Crippen LogP contribution in [0.25, 0.3) is 0 Å². The highest BCUT2D eigenvalue weighted by Gasteiger charge is 2.21. The van der Waals surface area contributed by atoms with Crippen molar-refractivity contribution in [3.63, 3.8) is 0 Å². The fraction of sp³-hybridized carbons (Fsp3) is 0.222. The Morgan fingerprint density at radius 3 is 2.80 bits per heavy atom. The van der Waals surface area contributed by atoms with Crippen molar-refractivity contribution in [2.45, 2.75) is 18.9 Å². The second-order valence-corrected chi connectivity index (χ2v) is 5.67. The predicted octanol–water partition coefficient (Wildman–Crippen LogP) is 2.32. The van der Waals surface area contributed by atoms with Crippen LogP contribution in [0.4, 0.5) is 11.5 Å². The molecular formula is C18H16N4O3. The second-order valence-electron chi connectivity index (χ2n) is 5.67. The van der Waals surface area contributed by atoms with Crippen LogP contribution in [0, 0.1) is 11.3 Å². The maximum atomic E-state index is 11.9. The molecule has 0 spiro atoms. The summed E-state index contributed by atoms with van der Waals surface area (Å²) in [5.74, 6) is -0.385. The normalized spacial score (nSPS) is 12.8. The van der Waals surface area contributed by atoms with E-state index in [1.165, 1.54) is 12.3 Å². The van der Waals surface area contributed by atoms with E-state index >= 15 is 0 Å². The van der Waals surface area contributed by atoms with E-state index in [0.29, 0.717) is 23.1 Å². The molecule has 1 aliphatic rings. The third kappa shape index (κ3) is 4.78. The van der Waals surface area contributed by atoms with Crippen molar-refractivity contribution < 1.29 is 14.3 Å². The number of benzene rings is 1. The Labute approximate surface area is 144 Å². The first-order valence-electron chi connectivity index (χ1n) is 7.84. The Bertz CT molecular complexity index is 823. The minimum absolute atomic E-state index is 0.278. The quantitative estimate of drug-likeness (QED) is 0.785. The molecule has 3 rings (SSSR count). The molecule has 7 heteroatoms. The molecule has 0 radical (unpaired) electrons. The zero-order valence-corrected chi connectivity index (χ0v) is 13.4. The molecule has 1 saturated carbocycles. The summed E-state index contributed by atoms with van der Waals surface area (Å²) in [7, 11) is 0. The van der Waals surface area contributed by atoms with Gasteiger partial charge in [0, 0.05) is 17.9 Å². The molecule has 1 aromatic heterocycles. The van der Waals surface area contributed by atoms with Gasteiger partial charge in [-0.3, -0.25) is 4.79 Å². The Hall–Kier alpha value is -3.40. The molecule has 2 aromatic rings. The molecule has 0 aliphatic heterocycles. The summed E-state index contributed by atoms with van der Waals surface area (Å²) < 4.78 is 4.98. The summed E-state index contributed by atoms with van der Waals surface area (Å²) in [6, 6.07) is 12.3. The fourth-order valence-electron chi connectivity index (χ4n) is 2.11. The monoisotopic (exact) mass is 336 g/mol. The lowest BCUT2D eigenvalue weighted by Crippen LogP contribution is -2.21. The van der Waals surface area contributed by atoms with Crippen LogP contribution >= 0.6 is 0 Å². The smallest absolute Gasteiger partial charge is 0.340 e. The number of nitriles is 1. The van der Waals surface area contributed by atoms with Gasteiger partial charge < -0.3 is 15.4 Å². The van der Waals surface area contributed by atoms with Gasteiger partial charge in [0.2, 0.25) is 0 Å². The lowest BCUT2D eigenvalue weighted by atomic mass is 10.2. The predicted molar refractivity (Wildman–Crippen MR) is 91.0 cm³/mol. The largest absolute Gasteiger partial charge is 0.452 e. The third-order valence-electron chi connectivity index (χ3n) is 3.54. The lowest BCUT2D eigenvalue weighted by molar-refractivity contribution is -0.119. The van der Waals surface area contributed by atoms with Crippen LogP contribution in [-0.2, 0) is 9.53 Å². The average Bonchev–Trinajstić information content (AvgIpc) is 3.44. The summed E-state index contributed by atoms with van der Waals surface area (Å²) in [5, 5.41) is 14.6. The molecule has 25 heavy (non-hydrogen) atoms. The second kappa shape index (κ2) is 7.45. The van der Waals surface area contributed by atoms with Crippen molar-refractivity contribution in [2.75, 3.05) is 17.2 Å². The van der Waals surface area contributed by atoms with E-state index in [-0.39, 0.29) is 5.56 Å². The number of anilines is 2. The highest BCUT2D eigenvalue weighted by Crippen LogP contribution is 2.23. The number of esters is 1. The maximum Gasteiger partial charge on any atom is 0.340 e. The van der Waals surface area contributed by atoms with Crippen molar-refractivity contribution >= 4 is 23.4 Å². The van der Waals surface area contributed by atoms with Gasteiger partial charge in [-0.15, -0.1) is 0 Å². The van der Waals surface area contributed by atoms with Gasteiger partial charge in [0.25, 0.3) is 5.91 Å². The number of amides is 1. The SMILES string of the molecule is N#Cc1cccc(NC(=O)COC(=O)c2ccc(NC3CC3)nc2)c1. The number of nitrogens with one attached hydrogen (secondary N) is 2. The molecule has 2 N–H and O–H groups in total. The van der Waals surface area contributed by atoms with Gasteiger partial charge in [-0.05, 0) is 43.2 Å². The molecule has 126 valence electrons. The average molecular weight is 336 g/mol. The number of carbonyl (C=O) groups is 2. The van der Waals surface area contributed by atoms with Gasteiger partial charge in [-0.1, -0.05) is 6.07 Å². The van der Waals surface area contributed by atoms with Crippen molar-refractivity contribution in [1.29, 1.82) is 5.26 Å². The van der Waals surface area contributed by atoms with Gasteiger partial charge >= 0.3 is 5.97 Å². The van der Waals surface area contributed by atoms with E-state index in [1.807, 2.05) is 6.07 Å². The van der Waals surface area contributed by atoms with Gasteiger partial charge in [-0.25, -0.2) is 9.78 Å². The topological polar surface area (TPSA) is 104 Å². The Kier molecular flexibility index (Phi) is 4.90. The Morgan fingerprint density at radius 1 is 1.28 bits per heavy atom. The van der Waals surface area contributed by atoms with Crippen molar-refractivity contribution in [2.24, 2.45) is 0 Å².